The monoisotopic (exact) mass is 741 g/mol. The molecule has 56 heavy (non-hydrogen) atoms. The topological polar surface area (TPSA) is 69.5 Å². The van der Waals surface area contributed by atoms with Gasteiger partial charge < -0.3 is 9.40 Å². The average Bonchev–Trinajstić information content (AvgIpc) is 4.01. The van der Waals surface area contributed by atoms with Crippen LogP contribution in [0.5, 0.6) is 0 Å². The molecule has 1 N–H and O–H groups in total. The largest absolute Gasteiger partial charge is 0.464 e. The molecule has 284 valence electrons. The van der Waals surface area contributed by atoms with Gasteiger partial charge >= 0.3 is 0 Å². The number of nitrogens with zero attached hydrogens (tertiary/aromatic N) is 2. The SMILES string of the molecule is CCc1cccc(C(=O)c2ccc3occ(C4=CCN5CCCCC5C4)c3c2)c1.Cc1ccccc1C(=O)c1ccc2[nH]cc(C3=CCN4CCCC4C3)c2c1. The van der Waals surface area contributed by atoms with Gasteiger partial charge in [0, 0.05) is 81.0 Å². The Labute approximate surface area is 329 Å². The Bertz CT molecular complexity index is 2500. The van der Waals surface area contributed by atoms with Gasteiger partial charge in [-0.05, 0) is 130 Å². The maximum absolute atomic E-state index is 13.1. The summed E-state index contributed by atoms with van der Waals surface area (Å²) < 4.78 is 5.85. The molecule has 0 radical (unpaired) electrons. The summed E-state index contributed by atoms with van der Waals surface area (Å²) >= 11 is 0. The quantitative estimate of drug-likeness (QED) is 0.165. The van der Waals surface area contributed by atoms with Crippen molar-refractivity contribution in [3.05, 3.63) is 154 Å². The summed E-state index contributed by atoms with van der Waals surface area (Å²) in [6, 6.07) is 29.0. The van der Waals surface area contributed by atoms with Gasteiger partial charge in [0.25, 0.3) is 0 Å². The molecule has 6 heterocycles. The molecule has 4 aliphatic rings. The predicted molar refractivity (Wildman–Crippen MR) is 227 cm³/mol. The van der Waals surface area contributed by atoms with E-state index in [2.05, 4.69) is 52.2 Å². The minimum atomic E-state index is 0.0745. The summed E-state index contributed by atoms with van der Waals surface area (Å²) in [5, 5.41) is 2.21. The van der Waals surface area contributed by atoms with Crippen LogP contribution in [0, 0.1) is 6.92 Å². The fourth-order valence-corrected chi connectivity index (χ4v) is 9.50. The van der Waals surface area contributed by atoms with Crippen molar-refractivity contribution in [3.63, 3.8) is 0 Å². The first-order chi connectivity index (χ1) is 27.4. The number of hydrogen-bond donors (Lipinski definition) is 1. The van der Waals surface area contributed by atoms with Crippen molar-refractivity contribution in [3.8, 4) is 0 Å². The summed E-state index contributed by atoms with van der Waals surface area (Å²) in [4.78, 5) is 34.7. The van der Waals surface area contributed by atoms with Gasteiger partial charge in [0.05, 0.1) is 6.26 Å². The fourth-order valence-electron chi connectivity index (χ4n) is 9.50. The molecule has 0 amide bonds. The summed E-state index contributed by atoms with van der Waals surface area (Å²) in [6.45, 7) is 8.63. The van der Waals surface area contributed by atoms with Crippen molar-refractivity contribution < 1.29 is 14.0 Å². The van der Waals surface area contributed by atoms with E-state index in [1.165, 1.54) is 67.5 Å². The lowest BCUT2D eigenvalue weighted by Crippen LogP contribution is -2.41. The number of carbonyl (C=O) groups excluding carboxylic acids is 2. The average molecular weight is 742 g/mol. The van der Waals surface area contributed by atoms with E-state index < -0.39 is 0 Å². The Morgan fingerprint density at radius 2 is 1.41 bits per heavy atom. The number of ketones is 2. The molecule has 6 heteroatoms. The van der Waals surface area contributed by atoms with E-state index in [0.717, 1.165) is 87.6 Å². The second kappa shape index (κ2) is 15.7. The third-order valence-electron chi connectivity index (χ3n) is 12.8. The normalized spacial score (nSPS) is 19.8. The smallest absolute Gasteiger partial charge is 0.193 e. The number of benzene rings is 4. The van der Waals surface area contributed by atoms with Crippen LogP contribution in [-0.2, 0) is 6.42 Å². The third kappa shape index (κ3) is 7.13. The Kier molecular flexibility index (Phi) is 10.2. The second-order valence-electron chi connectivity index (χ2n) is 16.2. The number of piperidine rings is 1. The molecule has 0 saturated carbocycles. The number of H-pyrrole nitrogens is 1. The van der Waals surface area contributed by atoms with Gasteiger partial charge in [-0.25, -0.2) is 0 Å². The van der Waals surface area contributed by atoms with Crippen LogP contribution in [0.15, 0.2) is 114 Å². The highest BCUT2D eigenvalue weighted by molar-refractivity contribution is 6.12. The minimum Gasteiger partial charge on any atom is -0.464 e. The lowest BCUT2D eigenvalue weighted by molar-refractivity contribution is 0.103. The number of aryl methyl sites for hydroxylation is 2. The number of hydrogen-bond acceptors (Lipinski definition) is 5. The van der Waals surface area contributed by atoms with E-state index >= 15 is 0 Å². The highest BCUT2D eigenvalue weighted by Gasteiger charge is 2.30. The molecular formula is C50H51N3O3. The Hall–Kier alpha value is -5.30. The lowest BCUT2D eigenvalue weighted by Gasteiger charge is -2.38. The van der Waals surface area contributed by atoms with Gasteiger partial charge in [-0.2, -0.15) is 0 Å². The molecule has 6 aromatic rings. The third-order valence-corrected chi connectivity index (χ3v) is 12.8. The van der Waals surface area contributed by atoms with Crippen LogP contribution in [0.4, 0.5) is 0 Å². The zero-order valence-electron chi connectivity index (χ0n) is 32.7. The van der Waals surface area contributed by atoms with Crippen molar-refractivity contribution >= 4 is 44.6 Å². The zero-order chi connectivity index (χ0) is 38.2. The van der Waals surface area contributed by atoms with Gasteiger partial charge in [-0.3, -0.25) is 19.4 Å². The number of rotatable bonds is 7. The van der Waals surface area contributed by atoms with Crippen LogP contribution in [-0.4, -0.2) is 64.6 Å². The summed E-state index contributed by atoms with van der Waals surface area (Å²) in [6.07, 6.45) is 18.4. The van der Waals surface area contributed by atoms with Gasteiger partial charge in [-0.1, -0.05) is 68.0 Å². The van der Waals surface area contributed by atoms with Crippen LogP contribution in [0.2, 0.25) is 0 Å². The molecule has 2 fully saturated rings. The first-order valence-electron chi connectivity index (χ1n) is 20.7. The van der Waals surface area contributed by atoms with E-state index in [4.69, 9.17) is 4.42 Å². The van der Waals surface area contributed by atoms with Gasteiger partial charge in [0.1, 0.15) is 5.58 Å². The van der Waals surface area contributed by atoms with Crippen molar-refractivity contribution in [2.24, 2.45) is 0 Å². The van der Waals surface area contributed by atoms with E-state index in [-0.39, 0.29) is 11.6 Å². The van der Waals surface area contributed by atoms with Gasteiger partial charge in [-0.15, -0.1) is 0 Å². The van der Waals surface area contributed by atoms with E-state index in [1.807, 2.05) is 86.0 Å². The number of nitrogens with one attached hydrogen (secondary N) is 1. The molecule has 2 unspecified atom stereocenters. The van der Waals surface area contributed by atoms with Crippen molar-refractivity contribution in [1.82, 2.24) is 14.8 Å². The maximum Gasteiger partial charge on any atom is 0.193 e. The number of carbonyl (C=O) groups is 2. The van der Waals surface area contributed by atoms with Crippen LogP contribution in [0.1, 0.15) is 106 Å². The summed E-state index contributed by atoms with van der Waals surface area (Å²) in [5.41, 5.74) is 12.4. The minimum absolute atomic E-state index is 0.0745. The van der Waals surface area contributed by atoms with Crippen molar-refractivity contribution in [1.29, 1.82) is 0 Å². The Morgan fingerprint density at radius 3 is 2.21 bits per heavy atom. The van der Waals surface area contributed by atoms with Crippen LogP contribution >= 0.6 is 0 Å². The van der Waals surface area contributed by atoms with Crippen molar-refractivity contribution in [2.75, 3.05) is 26.2 Å². The second-order valence-corrected chi connectivity index (χ2v) is 16.2. The molecule has 2 saturated heterocycles. The maximum atomic E-state index is 13.1. The standard InChI is InChI=1S/C26H27NO2.C24H24N2O/c1-2-18-6-5-7-20(14-18)26(28)21-9-10-25-23(16-21)24(17-29-25)19-11-13-27-12-4-3-8-22(27)15-19;1-16-5-2-3-7-20(16)24(27)18-8-9-23-21(14-18)22(15-25-23)17-10-12-26-11-4-6-19(26)13-17/h5-7,9-11,14,16-17,22H,2-4,8,12-13,15H2,1H3;2-3,5,7-10,14-15,19,25H,4,6,11-13H2,1H3. The zero-order valence-corrected chi connectivity index (χ0v) is 32.7. The van der Waals surface area contributed by atoms with Crippen LogP contribution in [0.3, 0.4) is 0 Å². The number of fused-ring (bicyclic) bond motifs is 4. The number of aromatic amines is 1. The molecular weight excluding hydrogens is 691 g/mol. The summed E-state index contributed by atoms with van der Waals surface area (Å²) in [7, 11) is 0. The number of aromatic nitrogens is 1. The predicted octanol–water partition coefficient (Wildman–Crippen LogP) is 10.8. The van der Waals surface area contributed by atoms with Gasteiger partial charge in [0.15, 0.2) is 11.6 Å². The van der Waals surface area contributed by atoms with Crippen LogP contribution in [0.25, 0.3) is 33.0 Å². The fraction of sp³-hybridized carbons (Fsp3) is 0.320. The molecule has 4 aromatic carbocycles. The van der Waals surface area contributed by atoms with Crippen molar-refractivity contribution in [2.45, 2.75) is 77.3 Å². The molecule has 2 aromatic heterocycles. The van der Waals surface area contributed by atoms with Gasteiger partial charge in [0.2, 0.25) is 0 Å². The highest BCUT2D eigenvalue weighted by atomic mass is 16.3. The Morgan fingerprint density at radius 1 is 0.714 bits per heavy atom. The molecule has 6 nitrogen and oxygen atoms in total. The Balaban J connectivity index is 0.000000147. The molecule has 4 aliphatic heterocycles. The molecule has 0 bridgehead atoms. The summed E-state index contributed by atoms with van der Waals surface area (Å²) in [5.74, 6) is 0.173. The number of furan rings is 1. The first-order valence-corrected chi connectivity index (χ1v) is 20.7. The van der Waals surface area contributed by atoms with Crippen LogP contribution < -0.4 is 0 Å². The van der Waals surface area contributed by atoms with E-state index in [9.17, 15) is 9.59 Å². The lowest BCUT2D eigenvalue weighted by atomic mass is 9.88. The molecule has 0 aliphatic carbocycles. The molecule has 10 rings (SSSR count). The molecule has 2 atom stereocenters. The molecule has 0 spiro atoms. The van der Waals surface area contributed by atoms with E-state index in [1.54, 1.807) is 0 Å². The van der Waals surface area contributed by atoms with E-state index in [0.29, 0.717) is 12.1 Å². The first kappa shape index (κ1) is 36.3. The highest BCUT2D eigenvalue weighted by Crippen LogP contribution is 2.37.